The highest BCUT2D eigenvalue weighted by Crippen LogP contribution is 2.36. The topological polar surface area (TPSA) is 108 Å². The third kappa shape index (κ3) is 7.95. The summed E-state index contributed by atoms with van der Waals surface area (Å²) in [7, 11) is -1.04. The Morgan fingerprint density at radius 3 is 2.41 bits per heavy atom. The summed E-state index contributed by atoms with van der Waals surface area (Å²) < 4.78 is 84.9. The van der Waals surface area contributed by atoms with Gasteiger partial charge in [0.2, 0.25) is 5.95 Å². The number of aromatic nitrogens is 2. The molecular weight excluding hydrogens is 563 g/mol. The lowest BCUT2D eigenvalue weighted by Gasteiger charge is -2.24. The first-order chi connectivity index (χ1) is 17.0. The zero-order valence-electron chi connectivity index (χ0n) is 19.3. The number of alkyl halides is 2. The van der Waals surface area contributed by atoms with Gasteiger partial charge in [0.15, 0.2) is 5.82 Å². The zero-order valence-corrected chi connectivity index (χ0v) is 21.7. The van der Waals surface area contributed by atoms with E-state index in [1.807, 2.05) is 4.72 Å². The fourth-order valence-electron chi connectivity index (χ4n) is 3.02. The Balaban J connectivity index is 0.00000481. The van der Waals surface area contributed by atoms with Crippen molar-refractivity contribution >= 4 is 57.0 Å². The number of hydrogen-bond donors (Lipinski definition) is 3. The number of benzene rings is 2. The molecule has 0 aliphatic heterocycles. The van der Waals surface area contributed by atoms with Crippen molar-refractivity contribution in [3.8, 4) is 5.75 Å². The zero-order chi connectivity index (χ0) is 26.5. The van der Waals surface area contributed by atoms with Crippen molar-refractivity contribution in [1.29, 1.82) is 0 Å². The molecule has 0 unspecified atom stereocenters. The van der Waals surface area contributed by atoms with Crippen LogP contribution in [0.2, 0.25) is 5.02 Å². The standard InChI is InChI=1S/C21H21ClF4N6O3S.ClH/c1-27-5-6-32(2)18-7-13(35-20(25)26)3-4-16(18)30-17-9-15(24)19(8-14(17)22)36(33,34)31-21-28-10-12(23)11-29-21;/h3-4,7-11,20,27,30H,5-6H2,1-2H3,(H,28,29,31);1H. The number of rotatable bonds is 11. The van der Waals surface area contributed by atoms with Crippen LogP contribution in [0, 0.1) is 11.6 Å². The summed E-state index contributed by atoms with van der Waals surface area (Å²) >= 11 is 6.25. The summed E-state index contributed by atoms with van der Waals surface area (Å²) in [6, 6.07) is 5.85. The van der Waals surface area contributed by atoms with Crippen molar-refractivity contribution in [3.05, 3.63) is 59.4 Å². The first-order valence-corrected chi connectivity index (χ1v) is 12.1. The molecule has 0 radical (unpaired) electrons. The minimum atomic E-state index is -4.51. The maximum atomic E-state index is 14.9. The van der Waals surface area contributed by atoms with Gasteiger partial charge in [-0.1, -0.05) is 11.6 Å². The molecule has 0 saturated carbocycles. The lowest BCUT2D eigenvalue weighted by molar-refractivity contribution is -0.0498. The molecule has 0 spiro atoms. The Hall–Kier alpha value is -3.07. The van der Waals surface area contributed by atoms with E-state index in [1.165, 1.54) is 18.2 Å². The Labute approximate surface area is 221 Å². The van der Waals surface area contributed by atoms with Crippen LogP contribution >= 0.6 is 24.0 Å². The Kier molecular flexibility index (Phi) is 10.5. The first kappa shape index (κ1) is 30.2. The minimum Gasteiger partial charge on any atom is -0.435 e. The van der Waals surface area contributed by atoms with E-state index in [4.69, 9.17) is 11.6 Å². The molecule has 1 heterocycles. The predicted octanol–water partition coefficient (Wildman–Crippen LogP) is 4.63. The second-order valence-corrected chi connectivity index (χ2v) is 9.36. The molecule has 16 heteroatoms. The molecule has 0 atom stereocenters. The summed E-state index contributed by atoms with van der Waals surface area (Å²) in [4.78, 5) is 7.90. The van der Waals surface area contributed by atoms with E-state index in [-0.39, 0.29) is 28.9 Å². The fourth-order valence-corrected chi connectivity index (χ4v) is 4.34. The van der Waals surface area contributed by atoms with Crippen LogP contribution in [0.3, 0.4) is 0 Å². The van der Waals surface area contributed by atoms with Crippen molar-refractivity contribution in [1.82, 2.24) is 15.3 Å². The average Bonchev–Trinajstić information content (AvgIpc) is 2.81. The van der Waals surface area contributed by atoms with E-state index in [2.05, 4.69) is 25.3 Å². The lowest BCUT2D eigenvalue weighted by Crippen LogP contribution is -2.27. The lowest BCUT2D eigenvalue weighted by atomic mass is 10.2. The number of halogens is 6. The molecular formula is C21H22Cl2F4N6O3S. The fraction of sp³-hybridized carbons (Fsp3) is 0.238. The molecule has 0 aliphatic carbocycles. The quantitative estimate of drug-likeness (QED) is 0.280. The summed E-state index contributed by atoms with van der Waals surface area (Å²) in [6.45, 7) is -1.96. The van der Waals surface area contributed by atoms with E-state index in [0.29, 0.717) is 24.5 Å². The molecule has 0 saturated heterocycles. The molecule has 9 nitrogen and oxygen atoms in total. The van der Waals surface area contributed by atoms with Crippen molar-refractivity contribution in [2.45, 2.75) is 11.5 Å². The minimum absolute atomic E-state index is 0. The van der Waals surface area contributed by atoms with Gasteiger partial charge in [-0.3, -0.25) is 0 Å². The van der Waals surface area contributed by atoms with Crippen LogP contribution in [-0.4, -0.2) is 52.2 Å². The van der Waals surface area contributed by atoms with Crippen molar-refractivity contribution in [3.63, 3.8) is 0 Å². The number of anilines is 4. The van der Waals surface area contributed by atoms with Crippen LogP contribution in [0.4, 0.5) is 40.6 Å². The van der Waals surface area contributed by atoms with E-state index in [0.717, 1.165) is 24.5 Å². The van der Waals surface area contributed by atoms with Gasteiger partial charge in [0.25, 0.3) is 10.0 Å². The van der Waals surface area contributed by atoms with Crippen LogP contribution in [0.5, 0.6) is 5.75 Å². The number of sulfonamides is 1. The Bertz CT molecular complexity index is 1320. The van der Waals surface area contributed by atoms with Crippen LogP contribution in [0.25, 0.3) is 0 Å². The largest absolute Gasteiger partial charge is 0.435 e. The third-order valence-corrected chi connectivity index (χ3v) is 6.39. The molecule has 0 bridgehead atoms. The average molecular weight is 585 g/mol. The van der Waals surface area contributed by atoms with Gasteiger partial charge >= 0.3 is 6.61 Å². The number of nitrogens with one attached hydrogen (secondary N) is 3. The highest BCUT2D eigenvalue weighted by Gasteiger charge is 2.23. The number of likely N-dealkylation sites (N-methyl/N-ethyl adjacent to an activating group) is 2. The highest BCUT2D eigenvalue weighted by molar-refractivity contribution is 7.92. The van der Waals surface area contributed by atoms with Crippen molar-refractivity contribution < 1.29 is 30.7 Å². The molecule has 0 amide bonds. The monoisotopic (exact) mass is 584 g/mol. The van der Waals surface area contributed by atoms with Crippen LogP contribution in [-0.2, 0) is 10.0 Å². The summed E-state index contributed by atoms with van der Waals surface area (Å²) in [5, 5.41) is 5.70. The molecule has 0 fully saturated rings. The van der Waals surface area contributed by atoms with Gasteiger partial charge in [-0.15, -0.1) is 12.4 Å². The second kappa shape index (κ2) is 12.9. The Morgan fingerprint density at radius 2 is 1.78 bits per heavy atom. The number of ether oxygens (including phenoxy) is 1. The molecule has 2 aromatic carbocycles. The molecule has 202 valence electrons. The van der Waals surface area contributed by atoms with Crippen LogP contribution < -0.4 is 25.0 Å². The molecule has 3 aromatic rings. The van der Waals surface area contributed by atoms with E-state index in [1.54, 1.807) is 19.0 Å². The first-order valence-electron chi connectivity index (χ1n) is 10.2. The Morgan fingerprint density at radius 1 is 1.11 bits per heavy atom. The third-order valence-electron chi connectivity index (χ3n) is 4.73. The highest BCUT2D eigenvalue weighted by atomic mass is 35.5. The van der Waals surface area contributed by atoms with E-state index >= 15 is 0 Å². The van der Waals surface area contributed by atoms with Gasteiger partial charge in [-0.2, -0.15) is 8.78 Å². The summed E-state index contributed by atoms with van der Waals surface area (Å²) in [6.07, 6.45) is 1.48. The molecule has 37 heavy (non-hydrogen) atoms. The summed E-state index contributed by atoms with van der Waals surface area (Å²) in [5.74, 6) is -2.49. The van der Waals surface area contributed by atoms with Gasteiger partial charge in [0, 0.05) is 32.3 Å². The van der Waals surface area contributed by atoms with Crippen LogP contribution in [0.1, 0.15) is 0 Å². The van der Waals surface area contributed by atoms with Crippen molar-refractivity contribution in [2.24, 2.45) is 0 Å². The van der Waals surface area contributed by atoms with Gasteiger partial charge in [0.1, 0.15) is 16.5 Å². The van der Waals surface area contributed by atoms with E-state index < -0.39 is 39.1 Å². The molecule has 3 rings (SSSR count). The SMILES string of the molecule is CNCCN(C)c1cc(OC(F)F)ccc1Nc1cc(F)c(S(=O)(=O)Nc2ncc(F)cn2)cc1Cl.Cl. The van der Waals surface area contributed by atoms with Crippen LogP contribution in [0.15, 0.2) is 47.6 Å². The second-order valence-electron chi connectivity index (χ2n) is 7.30. The van der Waals surface area contributed by atoms with Gasteiger partial charge in [-0.05, 0) is 25.2 Å². The molecule has 1 aromatic heterocycles. The van der Waals surface area contributed by atoms with E-state index in [9.17, 15) is 26.0 Å². The molecule has 3 N–H and O–H groups in total. The van der Waals surface area contributed by atoms with Gasteiger partial charge < -0.3 is 20.3 Å². The van der Waals surface area contributed by atoms with Crippen molar-refractivity contribution in [2.75, 3.05) is 42.1 Å². The van der Waals surface area contributed by atoms with Gasteiger partial charge in [-0.25, -0.2) is 31.9 Å². The number of nitrogens with zero attached hydrogens (tertiary/aromatic N) is 3. The maximum absolute atomic E-state index is 14.9. The smallest absolute Gasteiger partial charge is 0.387 e. The number of hydrogen-bond acceptors (Lipinski definition) is 8. The van der Waals surface area contributed by atoms with Gasteiger partial charge in [0.05, 0.1) is 34.5 Å². The normalized spacial score (nSPS) is 11.1. The molecule has 0 aliphatic rings. The summed E-state index contributed by atoms with van der Waals surface area (Å²) in [5.41, 5.74) is 0.814. The maximum Gasteiger partial charge on any atom is 0.387 e. The predicted molar refractivity (Wildman–Crippen MR) is 135 cm³/mol.